The molecule has 2 aromatic heterocycles. The van der Waals surface area contributed by atoms with Gasteiger partial charge in [-0.15, -0.1) is 0 Å². The highest BCUT2D eigenvalue weighted by molar-refractivity contribution is 5.95. The fourth-order valence-electron chi connectivity index (χ4n) is 2.21. The van der Waals surface area contributed by atoms with E-state index in [-0.39, 0.29) is 11.6 Å². The number of hydrogen-bond acceptors (Lipinski definition) is 4. The van der Waals surface area contributed by atoms with Crippen molar-refractivity contribution in [3.8, 4) is 0 Å². The second kappa shape index (κ2) is 5.73. The Morgan fingerprint density at radius 2 is 2.25 bits per heavy atom. The van der Waals surface area contributed by atoms with Crippen molar-refractivity contribution in [3.05, 3.63) is 41.5 Å². The lowest BCUT2D eigenvalue weighted by Gasteiger charge is -2.18. The summed E-state index contributed by atoms with van der Waals surface area (Å²) >= 11 is 0. The number of pyridine rings is 1. The van der Waals surface area contributed by atoms with Crippen molar-refractivity contribution in [2.24, 2.45) is 0 Å². The maximum atomic E-state index is 11.4. The van der Waals surface area contributed by atoms with Crippen molar-refractivity contribution in [1.82, 2.24) is 14.8 Å². The average molecular weight is 274 g/mol. The summed E-state index contributed by atoms with van der Waals surface area (Å²) in [5, 5.41) is 16.7. The van der Waals surface area contributed by atoms with Crippen molar-refractivity contribution in [3.63, 3.8) is 0 Å². The molecule has 6 nitrogen and oxygen atoms in total. The summed E-state index contributed by atoms with van der Waals surface area (Å²) in [6.07, 6.45) is 3.59. The van der Waals surface area contributed by atoms with Crippen LogP contribution in [0.2, 0.25) is 0 Å². The Bertz CT molecular complexity index is 608. The molecule has 6 heteroatoms. The van der Waals surface area contributed by atoms with Gasteiger partial charge in [0.25, 0.3) is 0 Å². The molecule has 1 atom stereocenters. The van der Waals surface area contributed by atoms with E-state index in [1.807, 2.05) is 26.1 Å². The quantitative estimate of drug-likeness (QED) is 0.872. The predicted octanol–water partition coefficient (Wildman–Crippen LogP) is 2.09. The van der Waals surface area contributed by atoms with E-state index in [9.17, 15) is 9.90 Å². The molecule has 0 saturated carbocycles. The van der Waals surface area contributed by atoms with Gasteiger partial charge in [-0.1, -0.05) is 0 Å². The Kier molecular flexibility index (Phi) is 4.02. The molecular formula is C14H18N4O2. The smallest absolute Gasteiger partial charge is 0.339 e. The molecule has 2 heterocycles. The number of hydrogen-bond donors (Lipinski definition) is 2. The number of nitrogens with zero attached hydrogens (tertiary/aromatic N) is 3. The number of aryl methyl sites for hydroxylation is 2. The molecule has 106 valence electrons. The first-order chi connectivity index (χ1) is 9.47. The maximum absolute atomic E-state index is 11.4. The van der Waals surface area contributed by atoms with E-state index in [1.54, 1.807) is 23.9 Å². The van der Waals surface area contributed by atoms with Crippen molar-refractivity contribution in [2.45, 2.75) is 33.4 Å². The van der Waals surface area contributed by atoms with Crippen LogP contribution >= 0.6 is 0 Å². The highest BCUT2D eigenvalue weighted by atomic mass is 16.4. The van der Waals surface area contributed by atoms with Crippen LogP contribution in [-0.4, -0.2) is 31.9 Å². The van der Waals surface area contributed by atoms with Crippen molar-refractivity contribution >= 4 is 11.7 Å². The number of rotatable bonds is 5. The highest BCUT2D eigenvalue weighted by Gasteiger charge is 2.17. The van der Waals surface area contributed by atoms with Gasteiger partial charge in [-0.2, -0.15) is 5.10 Å². The molecule has 2 rings (SSSR count). The van der Waals surface area contributed by atoms with E-state index in [2.05, 4.69) is 15.4 Å². The molecule has 0 aliphatic carbocycles. The van der Waals surface area contributed by atoms with Gasteiger partial charge >= 0.3 is 5.97 Å². The summed E-state index contributed by atoms with van der Waals surface area (Å²) in [7, 11) is 0. The van der Waals surface area contributed by atoms with Crippen molar-refractivity contribution < 1.29 is 9.90 Å². The number of aromatic carboxylic acids is 1. The third-order valence-electron chi connectivity index (χ3n) is 2.96. The molecule has 1 unspecified atom stereocenters. The summed E-state index contributed by atoms with van der Waals surface area (Å²) in [5.41, 5.74) is 2.14. The van der Waals surface area contributed by atoms with Crippen LogP contribution in [0.25, 0.3) is 0 Å². The molecule has 0 aliphatic heterocycles. The zero-order valence-corrected chi connectivity index (χ0v) is 11.8. The topological polar surface area (TPSA) is 80.0 Å². The number of nitrogens with one attached hydrogen (secondary N) is 1. The first kappa shape index (κ1) is 14.0. The van der Waals surface area contributed by atoms with E-state index < -0.39 is 5.97 Å². The van der Waals surface area contributed by atoms with E-state index >= 15 is 0 Å². The lowest BCUT2D eigenvalue weighted by molar-refractivity contribution is 0.0696. The second-order valence-corrected chi connectivity index (χ2v) is 4.85. The average Bonchev–Trinajstić information content (AvgIpc) is 2.79. The van der Waals surface area contributed by atoms with Crippen LogP contribution in [0.1, 0.15) is 28.7 Å². The largest absolute Gasteiger partial charge is 0.478 e. The van der Waals surface area contributed by atoms with Crippen LogP contribution in [0.4, 0.5) is 5.69 Å². The summed E-state index contributed by atoms with van der Waals surface area (Å²) in [5.74, 6) is -0.969. The summed E-state index contributed by atoms with van der Waals surface area (Å²) in [6, 6.07) is 3.67. The number of carboxylic acid groups (broad SMARTS) is 1. The van der Waals surface area contributed by atoms with E-state index in [4.69, 9.17) is 0 Å². The second-order valence-electron chi connectivity index (χ2n) is 4.85. The molecule has 2 aromatic rings. The fraction of sp³-hybridized carbons (Fsp3) is 0.357. The predicted molar refractivity (Wildman–Crippen MR) is 76.0 cm³/mol. The van der Waals surface area contributed by atoms with Gasteiger partial charge in [0.1, 0.15) is 5.56 Å². The van der Waals surface area contributed by atoms with Crippen LogP contribution in [-0.2, 0) is 6.54 Å². The van der Waals surface area contributed by atoms with Gasteiger partial charge in [0.15, 0.2) is 0 Å². The lowest BCUT2D eigenvalue weighted by Crippen LogP contribution is -2.24. The van der Waals surface area contributed by atoms with E-state index in [0.29, 0.717) is 17.9 Å². The van der Waals surface area contributed by atoms with Crippen LogP contribution in [0, 0.1) is 13.8 Å². The van der Waals surface area contributed by atoms with Crippen LogP contribution in [0.15, 0.2) is 24.5 Å². The van der Waals surface area contributed by atoms with Crippen molar-refractivity contribution in [2.75, 3.05) is 5.32 Å². The SMILES string of the molecule is Cc1cc(NC(C)Cn2cccn2)c(C(=O)O)c(C)n1. The van der Waals surface area contributed by atoms with E-state index in [0.717, 1.165) is 5.69 Å². The first-order valence-corrected chi connectivity index (χ1v) is 6.43. The van der Waals surface area contributed by atoms with Gasteiger partial charge in [0, 0.05) is 24.1 Å². The van der Waals surface area contributed by atoms with Gasteiger partial charge in [-0.05, 0) is 32.9 Å². The van der Waals surface area contributed by atoms with Gasteiger partial charge in [0.2, 0.25) is 0 Å². The molecule has 0 aliphatic rings. The van der Waals surface area contributed by atoms with Gasteiger partial charge in [0.05, 0.1) is 17.9 Å². The first-order valence-electron chi connectivity index (χ1n) is 6.43. The number of aromatic nitrogens is 3. The summed E-state index contributed by atoms with van der Waals surface area (Å²) in [4.78, 5) is 15.6. The Balaban J connectivity index is 2.21. The minimum absolute atomic E-state index is 0.0502. The third-order valence-corrected chi connectivity index (χ3v) is 2.96. The third kappa shape index (κ3) is 3.14. The minimum Gasteiger partial charge on any atom is -0.478 e. The molecule has 0 bridgehead atoms. The zero-order valence-electron chi connectivity index (χ0n) is 11.8. The van der Waals surface area contributed by atoms with Gasteiger partial charge in [-0.3, -0.25) is 9.67 Å². The van der Waals surface area contributed by atoms with Gasteiger partial charge < -0.3 is 10.4 Å². The molecule has 0 fully saturated rings. The summed E-state index contributed by atoms with van der Waals surface area (Å²) < 4.78 is 1.80. The molecule has 20 heavy (non-hydrogen) atoms. The standard InChI is InChI=1S/C14H18N4O2/c1-9-7-12(13(14(19)20)11(3)16-9)17-10(2)8-18-6-4-5-15-18/h4-7,10H,8H2,1-3H3,(H,16,17)(H,19,20). The van der Waals surface area contributed by atoms with Crippen LogP contribution < -0.4 is 5.32 Å². The summed E-state index contributed by atoms with van der Waals surface area (Å²) in [6.45, 7) is 6.20. The van der Waals surface area contributed by atoms with E-state index in [1.165, 1.54) is 0 Å². The number of anilines is 1. The molecule has 0 amide bonds. The van der Waals surface area contributed by atoms with Crippen LogP contribution in [0.3, 0.4) is 0 Å². The molecule has 2 N–H and O–H groups in total. The Morgan fingerprint density at radius 1 is 1.50 bits per heavy atom. The monoisotopic (exact) mass is 274 g/mol. The minimum atomic E-state index is -0.969. The molecule has 0 spiro atoms. The maximum Gasteiger partial charge on any atom is 0.339 e. The lowest BCUT2D eigenvalue weighted by atomic mass is 10.1. The molecule has 0 radical (unpaired) electrons. The number of carbonyl (C=O) groups is 1. The Morgan fingerprint density at radius 3 is 2.85 bits per heavy atom. The molecule has 0 saturated heterocycles. The number of carboxylic acids is 1. The zero-order chi connectivity index (χ0) is 14.7. The van der Waals surface area contributed by atoms with Crippen molar-refractivity contribution in [1.29, 1.82) is 0 Å². The van der Waals surface area contributed by atoms with Gasteiger partial charge in [-0.25, -0.2) is 4.79 Å². The normalized spacial score (nSPS) is 12.2. The van der Waals surface area contributed by atoms with Crippen LogP contribution in [0.5, 0.6) is 0 Å². The highest BCUT2D eigenvalue weighted by Crippen LogP contribution is 2.20. The Hall–Kier alpha value is -2.37. The molecular weight excluding hydrogens is 256 g/mol. The Labute approximate surface area is 117 Å². The molecule has 0 aromatic carbocycles. The fourth-order valence-corrected chi connectivity index (χ4v) is 2.21.